The SMILES string of the molecule is COc1cc(/C=C2\NC(=O)NC2=O)ccc1OCc1ccccc1C#N. The third kappa shape index (κ3) is 3.65. The van der Waals surface area contributed by atoms with Crippen molar-refractivity contribution in [2.45, 2.75) is 6.61 Å². The number of amides is 3. The van der Waals surface area contributed by atoms with Gasteiger partial charge in [0.2, 0.25) is 0 Å². The van der Waals surface area contributed by atoms with Crippen molar-refractivity contribution in [1.29, 1.82) is 5.26 Å². The fourth-order valence-corrected chi connectivity index (χ4v) is 2.45. The number of hydrogen-bond donors (Lipinski definition) is 2. The molecule has 1 heterocycles. The average Bonchev–Trinajstić information content (AvgIpc) is 2.97. The van der Waals surface area contributed by atoms with Crippen molar-refractivity contribution in [1.82, 2.24) is 10.6 Å². The lowest BCUT2D eigenvalue weighted by molar-refractivity contribution is -0.115. The summed E-state index contributed by atoms with van der Waals surface area (Å²) in [5.74, 6) is 0.489. The number of carbonyl (C=O) groups excluding carboxylic acids is 2. The molecule has 0 bridgehead atoms. The molecule has 130 valence electrons. The molecule has 2 aromatic rings. The Bertz CT molecular complexity index is 944. The molecule has 2 N–H and O–H groups in total. The number of benzene rings is 2. The van der Waals surface area contributed by atoms with Crippen LogP contribution >= 0.6 is 0 Å². The maximum absolute atomic E-state index is 11.6. The normalized spacial score (nSPS) is 14.5. The summed E-state index contributed by atoms with van der Waals surface area (Å²) in [6, 6.07) is 13.9. The highest BCUT2D eigenvalue weighted by atomic mass is 16.5. The number of methoxy groups -OCH3 is 1. The quantitative estimate of drug-likeness (QED) is 0.637. The summed E-state index contributed by atoms with van der Waals surface area (Å²) in [5.41, 5.74) is 2.15. The van der Waals surface area contributed by atoms with E-state index in [1.54, 1.807) is 30.3 Å². The van der Waals surface area contributed by atoms with Gasteiger partial charge in [-0.1, -0.05) is 24.3 Å². The molecule has 3 amide bonds. The van der Waals surface area contributed by atoms with E-state index < -0.39 is 11.9 Å². The second-order valence-electron chi connectivity index (χ2n) is 5.43. The summed E-state index contributed by atoms with van der Waals surface area (Å²) >= 11 is 0. The molecule has 0 radical (unpaired) electrons. The number of urea groups is 1. The number of rotatable bonds is 5. The Morgan fingerprint density at radius 3 is 2.62 bits per heavy atom. The first-order valence-corrected chi connectivity index (χ1v) is 7.73. The number of ether oxygens (including phenoxy) is 2. The zero-order valence-corrected chi connectivity index (χ0v) is 13.9. The van der Waals surface area contributed by atoms with E-state index in [2.05, 4.69) is 16.7 Å². The van der Waals surface area contributed by atoms with Gasteiger partial charge in [-0.25, -0.2) is 4.79 Å². The van der Waals surface area contributed by atoms with Crippen LogP contribution in [0.5, 0.6) is 11.5 Å². The molecule has 0 atom stereocenters. The maximum atomic E-state index is 11.6. The first-order valence-electron chi connectivity index (χ1n) is 7.73. The van der Waals surface area contributed by atoms with Gasteiger partial charge in [0.05, 0.1) is 18.7 Å². The predicted molar refractivity (Wildman–Crippen MR) is 93.1 cm³/mol. The number of nitriles is 1. The van der Waals surface area contributed by atoms with Gasteiger partial charge in [-0.15, -0.1) is 0 Å². The molecule has 7 nitrogen and oxygen atoms in total. The molecule has 0 aromatic heterocycles. The van der Waals surface area contributed by atoms with Gasteiger partial charge >= 0.3 is 6.03 Å². The van der Waals surface area contributed by atoms with Gasteiger partial charge in [0, 0.05) is 5.56 Å². The van der Waals surface area contributed by atoms with Crippen molar-refractivity contribution < 1.29 is 19.1 Å². The predicted octanol–water partition coefficient (Wildman–Crippen LogP) is 2.33. The monoisotopic (exact) mass is 349 g/mol. The van der Waals surface area contributed by atoms with Crippen LogP contribution in [0.3, 0.4) is 0 Å². The van der Waals surface area contributed by atoms with E-state index in [0.717, 1.165) is 5.56 Å². The van der Waals surface area contributed by atoms with Crippen LogP contribution in [-0.2, 0) is 11.4 Å². The second kappa shape index (κ2) is 7.40. The summed E-state index contributed by atoms with van der Waals surface area (Å²) in [7, 11) is 1.51. The van der Waals surface area contributed by atoms with Gasteiger partial charge in [-0.05, 0) is 29.8 Å². The van der Waals surface area contributed by atoms with E-state index in [4.69, 9.17) is 14.7 Å². The number of carbonyl (C=O) groups is 2. The maximum Gasteiger partial charge on any atom is 0.326 e. The molecule has 0 aliphatic carbocycles. The number of nitrogens with zero attached hydrogens (tertiary/aromatic N) is 1. The van der Waals surface area contributed by atoms with E-state index in [1.807, 2.05) is 12.1 Å². The molecule has 1 fully saturated rings. The first kappa shape index (κ1) is 17.0. The van der Waals surface area contributed by atoms with Crippen molar-refractivity contribution in [2.24, 2.45) is 0 Å². The number of hydrogen-bond acceptors (Lipinski definition) is 5. The lowest BCUT2D eigenvalue weighted by Gasteiger charge is -2.12. The summed E-state index contributed by atoms with van der Waals surface area (Å²) in [6.07, 6.45) is 1.54. The van der Waals surface area contributed by atoms with Crippen LogP contribution in [0.4, 0.5) is 4.79 Å². The smallest absolute Gasteiger partial charge is 0.326 e. The van der Waals surface area contributed by atoms with Crippen molar-refractivity contribution in [3.05, 3.63) is 64.9 Å². The zero-order valence-electron chi connectivity index (χ0n) is 13.9. The molecule has 0 spiro atoms. The van der Waals surface area contributed by atoms with Gasteiger partial charge in [0.1, 0.15) is 12.3 Å². The first-order chi connectivity index (χ1) is 12.6. The van der Waals surface area contributed by atoms with Crippen LogP contribution < -0.4 is 20.1 Å². The zero-order chi connectivity index (χ0) is 18.5. The Kier molecular flexibility index (Phi) is 4.85. The van der Waals surface area contributed by atoms with Gasteiger partial charge in [0.15, 0.2) is 11.5 Å². The molecular weight excluding hydrogens is 334 g/mol. The molecule has 3 rings (SSSR count). The van der Waals surface area contributed by atoms with Crippen LogP contribution in [-0.4, -0.2) is 19.0 Å². The summed E-state index contributed by atoms with van der Waals surface area (Å²) in [6.45, 7) is 0.221. The van der Waals surface area contributed by atoms with Crippen molar-refractivity contribution in [3.8, 4) is 17.6 Å². The van der Waals surface area contributed by atoms with Crippen LogP contribution in [0.25, 0.3) is 6.08 Å². The molecule has 1 aliphatic rings. The molecule has 1 saturated heterocycles. The van der Waals surface area contributed by atoms with Gasteiger partial charge in [0.25, 0.3) is 5.91 Å². The molecule has 26 heavy (non-hydrogen) atoms. The Morgan fingerprint density at radius 2 is 1.92 bits per heavy atom. The van der Waals surface area contributed by atoms with Crippen LogP contribution in [0.2, 0.25) is 0 Å². The lowest BCUT2D eigenvalue weighted by Crippen LogP contribution is -2.22. The fraction of sp³-hybridized carbons (Fsp3) is 0.105. The van der Waals surface area contributed by atoms with Crippen LogP contribution in [0.1, 0.15) is 16.7 Å². The van der Waals surface area contributed by atoms with Gasteiger partial charge in [-0.2, -0.15) is 5.26 Å². The summed E-state index contributed by atoms with van der Waals surface area (Å²) in [5, 5.41) is 13.7. The fourth-order valence-electron chi connectivity index (χ4n) is 2.45. The van der Waals surface area contributed by atoms with E-state index >= 15 is 0 Å². The Hall–Kier alpha value is -3.79. The highest BCUT2D eigenvalue weighted by molar-refractivity contribution is 6.14. The van der Waals surface area contributed by atoms with Gasteiger partial charge < -0.3 is 14.8 Å². The number of nitrogens with one attached hydrogen (secondary N) is 2. The second-order valence-corrected chi connectivity index (χ2v) is 5.43. The van der Waals surface area contributed by atoms with E-state index in [0.29, 0.717) is 22.6 Å². The topological polar surface area (TPSA) is 100 Å². The third-order valence-electron chi connectivity index (χ3n) is 3.74. The van der Waals surface area contributed by atoms with Crippen molar-refractivity contribution >= 4 is 18.0 Å². The highest BCUT2D eigenvalue weighted by Crippen LogP contribution is 2.30. The lowest BCUT2D eigenvalue weighted by atomic mass is 10.1. The number of imide groups is 1. The Morgan fingerprint density at radius 1 is 1.12 bits per heavy atom. The van der Waals surface area contributed by atoms with E-state index in [-0.39, 0.29) is 12.3 Å². The minimum atomic E-state index is -0.552. The van der Waals surface area contributed by atoms with E-state index in [1.165, 1.54) is 13.2 Å². The Labute approximate surface area is 149 Å². The molecule has 1 aliphatic heterocycles. The van der Waals surface area contributed by atoms with Crippen LogP contribution in [0, 0.1) is 11.3 Å². The van der Waals surface area contributed by atoms with Crippen molar-refractivity contribution in [3.63, 3.8) is 0 Å². The minimum absolute atomic E-state index is 0.161. The molecule has 0 unspecified atom stereocenters. The van der Waals surface area contributed by atoms with E-state index in [9.17, 15) is 9.59 Å². The average molecular weight is 349 g/mol. The van der Waals surface area contributed by atoms with Crippen LogP contribution in [0.15, 0.2) is 48.2 Å². The van der Waals surface area contributed by atoms with Crippen molar-refractivity contribution in [2.75, 3.05) is 7.11 Å². The standard InChI is InChI=1S/C19H15N3O4/c1-25-17-9-12(8-15-18(23)22-19(24)21-15)6-7-16(17)26-11-14-5-3-2-4-13(14)10-20/h2-9H,11H2,1H3,(H2,21,22,23,24)/b15-8-. The molecule has 7 heteroatoms. The molecule has 0 saturated carbocycles. The largest absolute Gasteiger partial charge is 0.493 e. The highest BCUT2D eigenvalue weighted by Gasteiger charge is 2.22. The Balaban J connectivity index is 1.79. The summed E-state index contributed by atoms with van der Waals surface area (Å²) in [4.78, 5) is 22.7. The molecular formula is C19H15N3O4. The third-order valence-corrected chi connectivity index (χ3v) is 3.74. The minimum Gasteiger partial charge on any atom is -0.493 e. The summed E-state index contributed by atoms with van der Waals surface area (Å²) < 4.78 is 11.1. The van der Waals surface area contributed by atoms with Gasteiger partial charge in [-0.3, -0.25) is 10.1 Å². The molecule has 2 aromatic carbocycles.